The molecule has 2 rings (SSSR count). The normalized spacial score (nSPS) is 37.8. The summed E-state index contributed by atoms with van der Waals surface area (Å²) in [5.41, 5.74) is 5.67. The van der Waals surface area contributed by atoms with Crippen molar-refractivity contribution in [1.29, 1.82) is 0 Å². The Morgan fingerprint density at radius 3 is 2.17 bits per heavy atom. The number of hydrogen-bond donors (Lipinski definition) is 1. The molecule has 0 heterocycles. The van der Waals surface area contributed by atoms with Crippen molar-refractivity contribution in [3.8, 4) is 0 Å². The van der Waals surface area contributed by atoms with E-state index in [0.717, 1.165) is 24.3 Å². The van der Waals surface area contributed by atoms with Crippen LogP contribution in [0.15, 0.2) is 0 Å². The van der Waals surface area contributed by atoms with Crippen LogP contribution >= 0.6 is 0 Å². The summed E-state index contributed by atoms with van der Waals surface area (Å²) in [6.45, 7) is 0.946. The van der Waals surface area contributed by atoms with Crippen LogP contribution in [-0.4, -0.2) is 6.54 Å². The highest BCUT2D eigenvalue weighted by molar-refractivity contribution is 4.92. The second kappa shape index (κ2) is 3.78. The summed E-state index contributed by atoms with van der Waals surface area (Å²) in [5.74, 6) is 3.00. The predicted molar refractivity (Wildman–Crippen MR) is 51.8 cm³/mol. The van der Waals surface area contributed by atoms with E-state index in [2.05, 4.69) is 0 Å². The molecule has 2 N–H and O–H groups in total. The van der Waals surface area contributed by atoms with Crippen molar-refractivity contribution in [2.45, 2.75) is 44.9 Å². The number of hydrogen-bond acceptors (Lipinski definition) is 1. The van der Waals surface area contributed by atoms with Gasteiger partial charge in [0.1, 0.15) is 0 Å². The lowest BCUT2D eigenvalue weighted by Crippen LogP contribution is -2.08. The van der Waals surface area contributed by atoms with Crippen molar-refractivity contribution in [3.63, 3.8) is 0 Å². The molecule has 70 valence electrons. The maximum Gasteiger partial charge on any atom is -0.00460 e. The molecule has 2 aliphatic rings. The average Bonchev–Trinajstić information content (AvgIpc) is 2.89. The Morgan fingerprint density at radius 1 is 1.00 bits per heavy atom. The third kappa shape index (κ3) is 1.82. The lowest BCUT2D eigenvalue weighted by atomic mass is 9.94. The molecule has 0 saturated heterocycles. The highest BCUT2D eigenvalue weighted by Crippen LogP contribution is 2.48. The van der Waals surface area contributed by atoms with Crippen LogP contribution in [0, 0.1) is 17.8 Å². The Kier molecular flexibility index (Phi) is 2.69. The van der Waals surface area contributed by atoms with Crippen molar-refractivity contribution in [2.24, 2.45) is 23.5 Å². The zero-order valence-corrected chi connectivity index (χ0v) is 7.97. The first-order valence-corrected chi connectivity index (χ1v) is 5.62. The molecule has 0 amide bonds. The smallest absolute Gasteiger partial charge is 0.00460 e. The van der Waals surface area contributed by atoms with Crippen LogP contribution in [0.3, 0.4) is 0 Å². The molecule has 0 spiro atoms. The zero-order chi connectivity index (χ0) is 8.39. The molecule has 2 atom stereocenters. The van der Waals surface area contributed by atoms with Gasteiger partial charge in [0.25, 0.3) is 0 Å². The van der Waals surface area contributed by atoms with Gasteiger partial charge in [0.2, 0.25) is 0 Å². The molecule has 2 aliphatic carbocycles. The quantitative estimate of drug-likeness (QED) is 0.628. The van der Waals surface area contributed by atoms with E-state index in [4.69, 9.17) is 5.73 Å². The summed E-state index contributed by atoms with van der Waals surface area (Å²) >= 11 is 0. The minimum absolute atomic E-state index is 0.910. The van der Waals surface area contributed by atoms with E-state index in [1.807, 2.05) is 0 Å². The molecule has 2 fully saturated rings. The maximum atomic E-state index is 5.67. The largest absolute Gasteiger partial charge is 0.330 e. The van der Waals surface area contributed by atoms with E-state index in [-0.39, 0.29) is 0 Å². The molecule has 1 nitrogen and oxygen atoms in total. The van der Waals surface area contributed by atoms with Gasteiger partial charge in [0, 0.05) is 0 Å². The van der Waals surface area contributed by atoms with Crippen LogP contribution in [0.2, 0.25) is 0 Å². The zero-order valence-electron chi connectivity index (χ0n) is 7.97. The van der Waals surface area contributed by atoms with Crippen molar-refractivity contribution in [1.82, 2.24) is 0 Å². The first kappa shape index (κ1) is 8.55. The summed E-state index contributed by atoms with van der Waals surface area (Å²) in [6.07, 6.45) is 10.4. The van der Waals surface area contributed by atoms with Gasteiger partial charge in [-0.05, 0) is 30.7 Å². The number of nitrogens with two attached hydrogens (primary N) is 1. The molecule has 2 saturated carbocycles. The first-order chi connectivity index (χ1) is 5.92. The van der Waals surface area contributed by atoms with Crippen molar-refractivity contribution < 1.29 is 0 Å². The van der Waals surface area contributed by atoms with Crippen LogP contribution in [0.1, 0.15) is 44.9 Å². The standard InChI is InChI=1S/C11H21N/c12-8-10-7-11(10)9-5-3-1-2-4-6-9/h9-11H,1-8,12H2. The Bertz CT molecular complexity index is 136. The van der Waals surface area contributed by atoms with E-state index in [9.17, 15) is 0 Å². The van der Waals surface area contributed by atoms with Crippen LogP contribution in [0.5, 0.6) is 0 Å². The molecule has 0 aromatic heterocycles. The van der Waals surface area contributed by atoms with Gasteiger partial charge < -0.3 is 5.73 Å². The predicted octanol–water partition coefficient (Wildman–Crippen LogP) is 2.55. The molecule has 0 aromatic carbocycles. The molecule has 0 radical (unpaired) electrons. The van der Waals surface area contributed by atoms with E-state index in [1.165, 1.54) is 44.9 Å². The fraction of sp³-hybridized carbons (Fsp3) is 1.00. The van der Waals surface area contributed by atoms with Crippen LogP contribution in [0.25, 0.3) is 0 Å². The molecule has 0 aromatic rings. The van der Waals surface area contributed by atoms with Gasteiger partial charge >= 0.3 is 0 Å². The summed E-state index contributed by atoms with van der Waals surface area (Å²) in [6, 6.07) is 0. The molecule has 0 bridgehead atoms. The summed E-state index contributed by atoms with van der Waals surface area (Å²) in [5, 5.41) is 0. The van der Waals surface area contributed by atoms with Crippen LogP contribution < -0.4 is 5.73 Å². The maximum absolute atomic E-state index is 5.67. The Morgan fingerprint density at radius 2 is 1.67 bits per heavy atom. The third-order valence-electron chi connectivity index (χ3n) is 3.79. The minimum Gasteiger partial charge on any atom is -0.330 e. The highest BCUT2D eigenvalue weighted by Gasteiger charge is 2.41. The van der Waals surface area contributed by atoms with E-state index < -0.39 is 0 Å². The van der Waals surface area contributed by atoms with Gasteiger partial charge in [-0.1, -0.05) is 38.5 Å². The van der Waals surface area contributed by atoms with Crippen LogP contribution in [-0.2, 0) is 0 Å². The van der Waals surface area contributed by atoms with E-state index >= 15 is 0 Å². The van der Waals surface area contributed by atoms with Gasteiger partial charge in [0.05, 0.1) is 0 Å². The molecule has 1 heteroatoms. The van der Waals surface area contributed by atoms with Gasteiger partial charge in [-0.2, -0.15) is 0 Å². The lowest BCUT2D eigenvalue weighted by molar-refractivity contribution is 0.387. The lowest BCUT2D eigenvalue weighted by Gasteiger charge is -2.12. The third-order valence-corrected chi connectivity index (χ3v) is 3.79. The van der Waals surface area contributed by atoms with Gasteiger partial charge in [-0.3, -0.25) is 0 Å². The van der Waals surface area contributed by atoms with Crippen molar-refractivity contribution >= 4 is 0 Å². The Hall–Kier alpha value is -0.0400. The molecular formula is C11H21N. The van der Waals surface area contributed by atoms with Crippen molar-refractivity contribution in [3.05, 3.63) is 0 Å². The SMILES string of the molecule is NCC1CC1C1CCCCCC1. The van der Waals surface area contributed by atoms with E-state index in [0.29, 0.717) is 0 Å². The van der Waals surface area contributed by atoms with Gasteiger partial charge in [-0.25, -0.2) is 0 Å². The van der Waals surface area contributed by atoms with Crippen LogP contribution in [0.4, 0.5) is 0 Å². The summed E-state index contributed by atoms with van der Waals surface area (Å²) in [7, 11) is 0. The second-order valence-corrected chi connectivity index (χ2v) is 4.65. The van der Waals surface area contributed by atoms with Gasteiger partial charge in [0.15, 0.2) is 0 Å². The molecule has 0 aliphatic heterocycles. The summed E-state index contributed by atoms with van der Waals surface area (Å²) in [4.78, 5) is 0. The second-order valence-electron chi connectivity index (χ2n) is 4.65. The molecule has 2 unspecified atom stereocenters. The summed E-state index contributed by atoms with van der Waals surface area (Å²) < 4.78 is 0. The highest BCUT2D eigenvalue weighted by atomic mass is 14.6. The number of rotatable bonds is 2. The fourth-order valence-corrected chi connectivity index (χ4v) is 2.86. The van der Waals surface area contributed by atoms with Crippen molar-refractivity contribution in [2.75, 3.05) is 6.54 Å². The fourth-order valence-electron chi connectivity index (χ4n) is 2.86. The Balaban J connectivity index is 1.79. The average molecular weight is 167 g/mol. The first-order valence-electron chi connectivity index (χ1n) is 5.62. The molecule has 12 heavy (non-hydrogen) atoms. The van der Waals surface area contributed by atoms with E-state index in [1.54, 1.807) is 0 Å². The molecular weight excluding hydrogens is 146 g/mol. The Labute approximate surface area is 75.7 Å². The van der Waals surface area contributed by atoms with Gasteiger partial charge in [-0.15, -0.1) is 0 Å². The monoisotopic (exact) mass is 167 g/mol. The topological polar surface area (TPSA) is 26.0 Å². The minimum atomic E-state index is 0.910.